The van der Waals surface area contributed by atoms with Crippen LogP contribution in [-0.2, 0) is 14.3 Å². The van der Waals surface area contributed by atoms with Crippen LogP contribution in [0.1, 0.15) is 56.1 Å². The second-order valence-corrected chi connectivity index (χ2v) is 8.69. The average Bonchev–Trinajstić information content (AvgIpc) is 3.15. The maximum Gasteiger partial charge on any atom is 0.407 e. The van der Waals surface area contributed by atoms with Crippen molar-refractivity contribution in [3.05, 3.63) is 59.7 Å². The number of nitrogens with zero attached hydrogens (tertiary/aromatic N) is 1. The Kier molecular flexibility index (Phi) is 6.96. The zero-order chi connectivity index (χ0) is 23.4. The first-order valence-corrected chi connectivity index (χ1v) is 11.7. The van der Waals surface area contributed by atoms with E-state index in [9.17, 15) is 19.5 Å². The van der Waals surface area contributed by atoms with Crippen LogP contribution < -0.4 is 5.32 Å². The van der Waals surface area contributed by atoms with Gasteiger partial charge in [-0.3, -0.25) is 4.79 Å². The number of nitrogens with one attached hydrogen (secondary N) is 1. The fourth-order valence-corrected chi connectivity index (χ4v) is 4.98. The third-order valence-electron chi connectivity index (χ3n) is 6.58. The minimum absolute atomic E-state index is 0.0676. The Morgan fingerprint density at radius 3 is 2.30 bits per heavy atom. The minimum Gasteiger partial charge on any atom is -0.480 e. The number of likely N-dealkylation sites (tertiary alicyclic amines) is 1. The third-order valence-corrected chi connectivity index (χ3v) is 6.58. The smallest absolute Gasteiger partial charge is 0.407 e. The van der Waals surface area contributed by atoms with E-state index in [-0.39, 0.29) is 18.4 Å². The Morgan fingerprint density at radius 1 is 1.06 bits per heavy atom. The first kappa shape index (κ1) is 22.8. The molecule has 2 aliphatic rings. The van der Waals surface area contributed by atoms with E-state index < -0.39 is 24.1 Å². The van der Waals surface area contributed by atoms with Gasteiger partial charge < -0.3 is 20.1 Å². The fraction of sp³-hybridized carbons (Fsp3) is 0.423. The highest BCUT2D eigenvalue weighted by molar-refractivity contribution is 5.89. The molecule has 7 heteroatoms. The summed E-state index contributed by atoms with van der Waals surface area (Å²) < 4.78 is 5.59. The number of hydrogen-bond acceptors (Lipinski definition) is 4. The molecule has 1 fully saturated rings. The molecule has 1 aliphatic carbocycles. The third kappa shape index (κ3) is 4.72. The van der Waals surface area contributed by atoms with Crippen molar-refractivity contribution in [2.24, 2.45) is 0 Å². The van der Waals surface area contributed by atoms with Crippen molar-refractivity contribution in [1.82, 2.24) is 10.2 Å². The Bertz CT molecular complexity index is 991. The zero-order valence-electron chi connectivity index (χ0n) is 18.8. The summed E-state index contributed by atoms with van der Waals surface area (Å²) in [6, 6.07) is 14.6. The number of carboxylic acids is 1. The van der Waals surface area contributed by atoms with Crippen molar-refractivity contribution >= 4 is 18.0 Å². The number of fused-ring (bicyclic) bond motifs is 3. The number of amides is 2. The molecule has 2 aromatic carbocycles. The van der Waals surface area contributed by atoms with E-state index in [4.69, 9.17) is 4.74 Å². The molecule has 0 bridgehead atoms. The fourth-order valence-electron chi connectivity index (χ4n) is 4.98. The lowest BCUT2D eigenvalue weighted by atomic mass is 9.98. The van der Waals surface area contributed by atoms with Gasteiger partial charge in [-0.25, -0.2) is 9.59 Å². The lowest BCUT2D eigenvalue weighted by molar-refractivity contribution is -0.153. The largest absolute Gasteiger partial charge is 0.480 e. The van der Waals surface area contributed by atoms with Crippen molar-refractivity contribution < 1.29 is 24.2 Å². The molecule has 1 heterocycles. The van der Waals surface area contributed by atoms with E-state index in [1.165, 1.54) is 4.90 Å². The molecular weight excluding hydrogens is 420 g/mol. The maximum atomic E-state index is 13.1. The lowest BCUT2D eigenvalue weighted by Gasteiger charge is -2.35. The van der Waals surface area contributed by atoms with Gasteiger partial charge in [0.15, 0.2) is 0 Å². The number of carbonyl (C=O) groups excluding carboxylic acids is 2. The van der Waals surface area contributed by atoms with Gasteiger partial charge in [-0.1, -0.05) is 61.9 Å². The molecule has 2 N–H and O–H groups in total. The summed E-state index contributed by atoms with van der Waals surface area (Å²) in [6.07, 6.45) is 2.41. The van der Waals surface area contributed by atoms with Crippen LogP contribution in [0, 0.1) is 0 Å². The van der Waals surface area contributed by atoms with Gasteiger partial charge in [0.25, 0.3) is 0 Å². The van der Waals surface area contributed by atoms with E-state index in [1.807, 2.05) is 43.3 Å². The first-order valence-electron chi connectivity index (χ1n) is 11.7. The Morgan fingerprint density at radius 2 is 1.70 bits per heavy atom. The molecule has 174 valence electrons. The van der Waals surface area contributed by atoms with Gasteiger partial charge in [-0.15, -0.1) is 0 Å². The van der Waals surface area contributed by atoms with E-state index >= 15 is 0 Å². The number of aliphatic carboxylic acids is 1. The molecule has 1 saturated heterocycles. The van der Waals surface area contributed by atoms with Gasteiger partial charge >= 0.3 is 12.1 Å². The zero-order valence-corrected chi connectivity index (χ0v) is 18.8. The number of hydrogen-bond donors (Lipinski definition) is 2. The van der Waals surface area contributed by atoms with E-state index in [0.717, 1.165) is 35.1 Å². The normalized spacial score (nSPS) is 18.2. The van der Waals surface area contributed by atoms with Gasteiger partial charge in [0.2, 0.25) is 5.91 Å². The lowest BCUT2D eigenvalue weighted by Crippen LogP contribution is -2.55. The molecule has 0 radical (unpaired) electrons. The molecule has 2 aromatic rings. The summed E-state index contributed by atoms with van der Waals surface area (Å²) in [6.45, 7) is 2.47. The van der Waals surface area contributed by atoms with Crippen molar-refractivity contribution in [1.29, 1.82) is 0 Å². The van der Waals surface area contributed by atoms with Crippen LogP contribution >= 0.6 is 0 Å². The number of rotatable bonds is 7. The molecule has 1 aliphatic heterocycles. The van der Waals surface area contributed by atoms with Crippen molar-refractivity contribution in [3.63, 3.8) is 0 Å². The highest BCUT2D eigenvalue weighted by Crippen LogP contribution is 2.44. The van der Waals surface area contributed by atoms with Gasteiger partial charge in [0.05, 0.1) is 0 Å². The summed E-state index contributed by atoms with van der Waals surface area (Å²) in [4.78, 5) is 38.8. The van der Waals surface area contributed by atoms with Crippen LogP contribution in [-0.4, -0.2) is 53.2 Å². The number of carbonyl (C=O) groups is 3. The van der Waals surface area contributed by atoms with E-state index in [1.54, 1.807) is 0 Å². The van der Waals surface area contributed by atoms with Crippen molar-refractivity contribution in [3.8, 4) is 11.1 Å². The van der Waals surface area contributed by atoms with E-state index in [2.05, 4.69) is 17.4 Å². The maximum absolute atomic E-state index is 13.1. The topological polar surface area (TPSA) is 95.9 Å². The van der Waals surface area contributed by atoms with E-state index in [0.29, 0.717) is 25.8 Å². The monoisotopic (exact) mass is 450 g/mol. The summed E-state index contributed by atoms with van der Waals surface area (Å²) in [5.41, 5.74) is 4.52. The van der Waals surface area contributed by atoms with Gasteiger partial charge in [-0.2, -0.15) is 0 Å². The highest BCUT2D eigenvalue weighted by atomic mass is 16.5. The first-order chi connectivity index (χ1) is 16.0. The second kappa shape index (κ2) is 10.1. The average molecular weight is 451 g/mol. The number of alkyl carbamates (subject to hydrolysis) is 1. The van der Waals surface area contributed by atoms with Crippen LogP contribution in [0.4, 0.5) is 4.79 Å². The molecule has 33 heavy (non-hydrogen) atoms. The van der Waals surface area contributed by atoms with Crippen LogP contribution in [0.5, 0.6) is 0 Å². The predicted molar refractivity (Wildman–Crippen MR) is 124 cm³/mol. The molecule has 7 nitrogen and oxygen atoms in total. The molecule has 2 amide bonds. The quantitative estimate of drug-likeness (QED) is 0.660. The summed E-state index contributed by atoms with van der Waals surface area (Å²) in [5, 5.41) is 12.2. The second-order valence-electron chi connectivity index (χ2n) is 8.69. The van der Waals surface area contributed by atoms with Crippen molar-refractivity contribution in [2.45, 2.75) is 57.0 Å². The minimum atomic E-state index is -1.00. The number of benzene rings is 2. The summed E-state index contributed by atoms with van der Waals surface area (Å²) in [7, 11) is 0. The van der Waals surface area contributed by atoms with Crippen LogP contribution in [0.3, 0.4) is 0 Å². The van der Waals surface area contributed by atoms with Crippen LogP contribution in [0.2, 0.25) is 0 Å². The Hall–Kier alpha value is -3.35. The highest BCUT2D eigenvalue weighted by Gasteiger charge is 2.36. The van der Waals surface area contributed by atoms with Gasteiger partial charge in [0.1, 0.15) is 18.7 Å². The molecule has 4 rings (SSSR count). The molecular formula is C26H30N2O5. The SMILES string of the molecule is CCCC(NC(=O)OCC1c2ccccc2-c2ccccc21)C(=O)N1CCCC[C@@H]1C(=O)O. The number of carboxylic acid groups (broad SMARTS) is 1. The number of piperidine rings is 1. The molecule has 0 spiro atoms. The Balaban J connectivity index is 1.43. The summed E-state index contributed by atoms with van der Waals surface area (Å²) >= 11 is 0. The predicted octanol–water partition coefficient (Wildman–Crippen LogP) is 4.16. The van der Waals surface area contributed by atoms with Crippen LogP contribution in [0.25, 0.3) is 11.1 Å². The number of ether oxygens (including phenoxy) is 1. The Labute approximate surface area is 193 Å². The van der Waals surface area contributed by atoms with Gasteiger partial charge in [-0.05, 0) is 47.9 Å². The molecule has 0 aromatic heterocycles. The van der Waals surface area contributed by atoms with Gasteiger partial charge in [0, 0.05) is 12.5 Å². The summed E-state index contributed by atoms with van der Waals surface area (Å²) in [5.74, 6) is -1.42. The molecule has 2 atom stereocenters. The standard InChI is InChI=1S/C26H30N2O5/c1-2-9-22(24(29)28-15-8-7-14-23(28)25(30)31)27-26(32)33-16-21-19-12-5-3-10-17(19)18-11-4-6-13-20(18)21/h3-6,10-13,21-23H,2,7-9,14-16H2,1H3,(H,27,32)(H,30,31)/t22?,23-/m1/s1. The van der Waals surface area contributed by atoms with Crippen molar-refractivity contribution in [2.75, 3.05) is 13.2 Å². The molecule has 1 unspecified atom stereocenters. The van der Waals surface area contributed by atoms with Crippen LogP contribution in [0.15, 0.2) is 48.5 Å². The molecule has 0 saturated carbocycles.